The van der Waals surface area contributed by atoms with Gasteiger partial charge in [0, 0.05) is 16.1 Å². The predicted octanol–water partition coefficient (Wildman–Crippen LogP) is 0.707. The first-order valence-corrected chi connectivity index (χ1v) is 2.13. The summed E-state index contributed by atoms with van der Waals surface area (Å²) in [5.74, 6) is 0. The van der Waals surface area contributed by atoms with Crippen molar-refractivity contribution in [1.29, 1.82) is 0 Å². The van der Waals surface area contributed by atoms with Gasteiger partial charge in [-0.1, -0.05) is 0 Å². The Balaban J connectivity index is 0. The van der Waals surface area contributed by atoms with Gasteiger partial charge in [0.15, 0.2) is 5.11 Å². The third kappa shape index (κ3) is 8.82. The Kier molecular flexibility index (Phi) is 9.25. The van der Waals surface area contributed by atoms with Gasteiger partial charge in [0.25, 0.3) is 0 Å². The number of hydrogen-bond donors (Lipinski definition) is 2. The average molecular weight is 236 g/mol. The molecule has 0 saturated carbocycles. The normalized spacial score (nSPS) is 5.50. The van der Waals surface area contributed by atoms with E-state index in [1.165, 1.54) is 0 Å². The van der Waals surface area contributed by atoms with Crippen LogP contribution in [0.5, 0.6) is 0 Å². The van der Waals surface area contributed by atoms with Gasteiger partial charge in [-0.15, -0.1) is 17.0 Å². The molecule has 0 amide bonds. The molecule has 0 fully saturated rings. The largest absolute Gasteiger partial charge is 0.376 e. The van der Waals surface area contributed by atoms with Gasteiger partial charge in [-0.2, -0.15) is 0 Å². The molecule has 6 heavy (non-hydrogen) atoms. The highest BCUT2D eigenvalue weighted by Crippen LogP contribution is 1.61. The van der Waals surface area contributed by atoms with Crippen LogP contribution in [0, 0.1) is 0 Å². The van der Waals surface area contributed by atoms with Crippen molar-refractivity contribution in [3.63, 3.8) is 0 Å². The van der Waals surface area contributed by atoms with Gasteiger partial charge in [-0.05, 0) is 12.2 Å². The van der Waals surface area contributed by atoms with E-state index in [-0.39, 0.29) is 22.1 Å². The van der Waals surface area contributed by atoms with Gasteiger partial charge in [0.2, 0.25) is 0 Å². The van der Waals surface area contributed by atoms with Crippen LogP contribution in [-0.4, -0.2) is 5.11 Å². The molecule has 0 atom stereocenters. The summed E-state index contributed by atoms with van der Waals surface area (Å²) in [6.07, 6.45) is 0. The molecule has 0 heterocycles. The predicted molar refractivity (Wildman–Crippen MR) is 39.2 cm³/mol. The summed E-state index contributed by atoms with van der Waals surface area (Å²) in [5, 5.41) is 0.255. The van der Waals surface area contributed by atoms with E-state index in [0.29, 0.717) is 0 Å². The molecule has 0 spiro atoms. The number of thiocarbonyl (C=S) groups is 1. The first-order chi connectivity index (χ1) is 2.27. The van der Waals surface area contributed by atoms with Crippen LogP contribution in [0.15, 0.2) is 0 Å². The van der Waals surface area contributed by atoms with Gasteiger partial charge < -0.3 is 5.73 Å². The van der Waals surface area contributed by atoms with Crippen LogP contribution >= 0.6 is 45.3 Å². The molecule has 0 rings (SSSR count). The van der Waals surface area contributed by atoms with Crippen LogP contribution in [0.1, 0.15) is 0 Å². The average Bonchev–Trinajstić information content (AvgIpc) is 1.38. The molecule has 3 N–H and O–H groups in total. The molecule has 0 radical (unpaired) electrons. The Morgan fingerprint density at radius 1 is 1.83 bits per heavy atom. The molecule has 38 valence electrons. The Morgan fingerprint density at radius 3 is 2.00 bits per heavy atom. The molecule has 0 aliphatic carbocycles. The van der Waals surface area contributed by atoms with E-state index in [2.05, 4.69) is 32.7 Å². The first-order valence-electron chi connectivity index (χ1n) is 0.932. The molecule has 2 nitrogen and oxygen atoms in total. The molecule has 0 unspecified atom stereocenters. The topological polar surface area (TPSA) is 38.0 Å². The van der Waals surface area contributed by atoms with Crippen LogP contribution in [-0.2, 0) is 0 Å². The maximum atomic E-state index is 4.87. The minimum absolute atomic E-state index is 0. The Labute approximate surface area is 60.6 Å². The molecule has 0 aromatic rings. The Morgan fingerprint density at radius 2 is 2.00 bits per heavy atom. The summed E-state index contributed by atoms with van der Waals surface area (Å²) < 4.78 is 2.35. The zero-order valence-electron chi connectivity index (χ0n) is 2.77. The van der Waals surface area contributed by atoms with Crippen LogP contribution in [0.3, 0.4) is 0 Å². The molecule has 0 aromatic heterocycles. The van der Waals surface area contributed by atoms with E-state index in [4.69, 9.17) is 5.73 Å². The standard InChI is InChI=1S/CH3BrN2S.BrH/c2-4-1(3)5;/h(H3,3,4,5);1H. The lowest BCUT2D eigenvalue weighted by Gasteiger charge is -1.82. The lowest BCUT2D eigenvalue weighted by atomic mass is 11.3. The van der Waals surface area contributed by atoms with E-state index >= 15 is 0 Å². The number of hydrogen-bond acceptors (Lipinski definition) is 1. The first kappa shape index (κ1) is 9.82. The summed E-state index contributed by atoms with van der Waals surface area (Å²) in [5.41, 5.74) is 4.87. The number of rotatable bonds is 0. The fourth-order valence-electron chi connectivity index (χ4n) is 0. The van der Waals surface area contributed by atoms with Crippen LogP contribution in [0.25, 0.3) is 0 Å². The molecule has 0 saturated heterocycles. The highest BCUT2D eigenvalue weighted by atomic mass is 79.9. The molecular formula is CH4Br2N2S. The van der Waals surface area contributed by atoms with Crippen LogP contribution in [0.4, 0.5) is 0 Å². The highest BCUT2D eigenvalue weighted by molar-refractivity contribution is 9.08. The van der Waals surface area contributed by atoms with Crippen LogP contribution < -0.4 is 10.1 Å². The molecular weight excluding hydrogens is 232 g/mol. The highest BCUT2D eigenvalue weighted by Gasteiger charge is 1.68. The number of nitrogens with one attached hydrogen (secondary N) is 1. The zero-order valence-corrected chi connectivity index (χ0v) is 6.89. The van der Waals surface area contributed by atoms with E-state index in [0.717, 1.165) is 0 Å². The van der Waals surface area contributed by atoms with Gasteiger partial charge in [-0.25, -0.2) is 0 Å². The van der Waals surface area contributed by atoms with E-state index in [1.54, 1.807) is 0 Å². The fraction of sp³-hybridized carbons (Fsp3) is 0. The van der Waals surface area contributed by atoms with Gasteiger partial charge in [0.1, 0.15) is 0 Å². The second-order valence-corrected chi connectivity index (χ2v) is 1.30. The summed E-state index contributed by atoms with van der Waals surface area (Å²) in [6.45, 7) is 0. The summed E-state index contributed by atoms with van der Waals surface area (Å²) >= 11 is 7.11. The van der Waals surface area contributed by atoms with E-state index < -0.39 is 0 Å². The van der Waals surface area contributed by atoms with Crippen molar-refractivity contribution in [2.45, 2.75) is 0 Å². The van der Waals surface area contributed by atoms with Gasteiger partial charge >= 0.3 is 0 Å². The summed E-state index contributed by atoms with van der Waals surface area (Å²) in [7, 11) is 0. The second-order valence-electron chi connectivity index (χ2n) is 0.459. The van der Waals surface area contributed by atoms with Gasteiger partial charge in [-0.3, -0.25) is 4.34 Å². The monoisotopic (exact) mass is 234 g/mol. The zero-order chi connectivity index (χ0) is 4.28. The SMILES string of the molecule is Br.NC(=S)NBr. The molecule has 0 bridgehead atoms. The number of halogens is 2. The molecule has 5 heteroatoms. The second kappa shape index (κ2) is 5.65. The third-order valence-corrected chi connectivity index (χ3v) is 0.885. The molecule has 0 aromatic carbocycles. The van der Waals surface area contributed by atoms with E-state index in [1.807, 2.05) is 0 Å². The lowest BCUT2D eigenvalue weighted by Crippen LogP contribution is -2.18. The Bertz CT molecular complexity index is 46.8. The number of nitrogens with two attached hydrogens (primary N) is 1. The minimum Gasteiger partial charge on any atom is -0.376 e. The maximum Gasteiger partial charge on any atom is 0.173 e. The van der Waals surface area contributed by atoms with Crippen molar-refractivity contribution < 1.29 is 0 Å². The lowest BCUT2D eigenvalue weighted by molar-refractivity contribution is 1.54. The fourth-order valence-corrected chi connectivity index (χ4v) is 0. The van der Waals surface area contributed by atoms with Crippen molar-refractivity contribution in [3.05, 3.63) is 0 Å². The smallest absolute Gasteiger partial charge is 0.173 e. The van der Waals surface area contributed by atoms with E-state index in [9.17, 15) is 0 Å². The van der Waals surface area contributed by atoms with Gasteiger partial charge in [0.05, 0.1) is 0 Å². The quantitative estimate of drug-likeness (QED) is 0.480. The summed E-state index contributed by atoms with van der Waals surface area (Å²) in [6, 6.07) is 0. The maximum absolute atomic E-state index is 4.87. The van der Waals surface area contributed by atoms with Crippen molar-refractivity contribution in [2.75, 3.05) is 0 Å². The van der Waals surface area contributed by atoms with Crippen molar-refractivity contribution >= 4 is 50.5 Å². The third-order valence-electron chi connectivity index (χ3n) is 0.0931. The minimum atomic E-state index is 0. The Hall–Kier alpha value is 0.650. The molecule has 0 aliphatic heterocycles. The molecule has 0 aliphatic rings. The van der Waals surface area contributed by atoms with Crippen molar-refractivity contribution in [1.82, 2.24) is 4.34 Å². The van der Waals surface area contributed by atoms with Crippen LogP contribution in [0.2, 0.25) is 0 Å². The van der Waals surface area contributed by atoms with Crippen molar-refractivity contribution in [2.24, 2.45) is 5.73 Å². The van der Waals surface area contributed by atoms with Crippen molar-refractivity contribution in [3.8, 4) is 0 Å². The summed E-state index contributed by atoms with van der Waals surface area (Å²) in [4.78, 5) is 0.